The molecule has 0 unspecified atom stereocenters. The third-order valence-corrected chi connectivity index (χ3v) is 3.42. The van der Waals surface area contributed by atoms with Gasteiger partial charge in [0.2, 0.25) is 0 Å². The molecular formula is C14H12N2OS. The maximum Gasteiger partial charge on any atom is 0.136 e. The van der Waals surface area contributed by atoms with Crippen LogP contribution in [0.25, 0.3) is 0 Å². The predicted molar refractivity (Wildman–Crippen MR) is 71.5 cm³/mol. The Labute approximate surface area is 110 Å². The van der Waals surface area contributed by atoms with Crippen molar-refractivity contribution in [3.05, 3.63) is 53.7 Å². The van der Waals surface area contributed by atoms with Crippen LogP contribution in [0.3, 0.4) is 0 Å². The largest absolute Gasteiger partial charge is 0.495 e. The first kappa shape index (κ1) is 12.5. The highest BCUT2D eigenvalue weighted by atomic mass is 32.2. The summed E-state index contributed by atoms with van der Waals surface area (Å²) in [6.07, 6.45) is 1.77. The number of hydrogen-bond donors (Lipinski definition) is 0. The average molecular weight is 256 g/mol. The summed E-state index contributed by atoms with van der Waals surface area (Å²) < 4.78 is 5.11. The molecule has 0 saturated carbocycles. The molecule has 3 nitrogen and oxygen atoms in total. The first-order chi connectivity index (χ1) is 8.83. The van der Waals surface area contributed by atoms with E-state index in [2.05, 4.69) is 11.1 Å². The van der Waals surface area contributed by atoms with E-state index in [9.17, 15) is 0 Å². The standard InChI is InChI=1S/C14H12N2OS/c1-17-13-6-5-11(8-12(13)9-15)10-18-14-4-2-3-7-16-14/h2-8H,10H2,1H3. The molecule has 90 valence electrons. The first-order valence-corrected chi connectivity index (χ1v) is 6.43. The molecule has 0 aliphatic carbocycles. The van der Waals surface area contributed by atoms with Crippen molar-refractivity contribution in [2.24, 2.45) is 0 Å². The Bertz CT molecular complexity index is 564. The van der Waals surface area contributed by atoms with E-state index < -0.39 is 0 Å². The fourth-order valence-electron chi connectivity index (χ4n) is 1.52. The molecular weight excluding hydrogens is 244 g/mol. The van der Waals surface area contributed by atoms with E-state index in [-0.39, 0.29) is 0 Å². The molecule has 1 aromatic carbocycles. The van der Waals surface area contributed by atoms with Gasteiger partial charge in [-0.2, -0.15) is 5.26 Å². The third kappa shape index (κ3) is 3.02. The maximum atomic E-state index is 9.01. The lowest BCUT2D eigenvalue weighted by Crippen LogP contribution is -1.90. The summed E-state index contributed by atoms with van der Waals surface area (Å²) >= 11 is 1.64. The number of rotatable bonds is 4. The molecule has 0 aliphatic heterocycles. The molecule has 0 saturated heterocycles. The zero-order chi connectivity index (χ0) is 12.8. The zero-order valence-electron chi connectivity index (χ0n) is 9.96. The van der Waals surface area contributed by atoms with Gasteiger partial charge in [-0.15, -0.1) is 11.8 Å². The number of hydrogen-bond acceptors (Lipinski definition) is 4. The molecule has 18 heavy (non-hydrogen) atoms. The predicted octanol–water partition coefficient (Wildman–Crippen LogP) is 3.25. The van der Waals surface area contributed by atoms with Crippen molar-refractivity contribution in [3.63, 3.8) is 0 Å². The van der Waals surface area contributed by atoms with Gasteiger partial charge in [-0.3, -0.25) is 0 Å². The molecule has 0 spiro atoms. The van der Waals surface area contributed by atoms with Gasteiger partial charge in [-0.05, 0) is 29.8 Å². The molecule has 0 radical (unpaired) electrons. The number of nitrogens with zero attached hydrogens (tertiary/aromatic N) is 2. The van der Waals surface area contributed by atoms with Gasteiger partial charge in [0.1, 0.15) is 11.8 Å². The van der Waals surface area contributed by atoms with Gasteiger partial charge in [-0.1, -0.05) is 12.1 Å². The molecule has 2 rings (SSSR count). The molecule has 0 amide bonds. The summed E-state index contributed by atoms with van der Waals surface area (Å²) in [6.45, 7) is 0. The van der Waals surface area contributed by atoms with E-state index in [0.29, 0.717) is 11.3 Å². The highest BCUT2D eigenvalue weighted by molar-refractivity contribution is 7.98. The fraction of sp³-hybridized carbons (Fsp3) is 0.143. The van der Waals surface area contributed by atoms with Crippen LogP contribution in [0.1, 0.15) is 11.1 Å². The van der Waals surface area contributed by atoms with Gasteiger partial charge < -0.3 is 4.74 Å². The van der Waals surface area contributed by atoms with Crippen LogP contribution in [0.2, 0.25) is 0 Å². The molecule has 0 fully saturated rings. The highest BCUT2D eigenvalue weighted by Gasteiger charge is 2.04. The van der Waals surface area contributed by atoms with Gasteiger partial charge in [0.15, 0.2) is 0 Å². The highest BCUT2D eigenvalue weighted by Crippen LogP contribution is 2.24. The normalized spacial score (nSPS) is 9.78. The Hall–Kier alpha value is -1.99. The lowest BCUT2D eigenvalue weighted by Gasteiger charge is -2.05. The Morgan fingerprint density at radius 2 is 2.22 bits per heavy atom. The monoisotopic (exact) mass is 256 g/mol. The van der Waals surface area contributed by atoms with Crippen molar-refractivity contribution >= 4 is 11.8 Å². The quantitative estimate of drug-likeness (QED) is 0.788. The van der Waals surface area contributed by atoms with Crippen molar-refractivity contribution in [1.29, 1.82) is 5.26 Å². The molecule has 4 heteroatoms. The number of methoxy groups -OCH3 is 1. The Kier molecular flexibility index (Phi) is 4.21. The Morgan fingerprint density at radius 3 is 2.89 bits per heavy atom. The van der Waals surface area contributed by atoms with Gasteiger partial charge in [-0.25, -0.2) is 4.98 Å². The van der Waals surface area contributed by atoms with E-state index in [1.54, 1.807) is 25.1 Å². The molecule has 0 atom stereocenters. The van der Waals surface area contributed by atoms with E-state index in [0.717, 1.165) is 16.3 Å². The van der Waals surface area contributed by atoms with E-state index in [4.69, 9.17) is 10.00 Å². The van der Waals surface area contributed by atoms with Crippen LogP contribution in [0.4, 0.5) is 0 Å². The topological polar surface area (TPSA) is 45.9 Å². The van der Waals surface area contributed by atoms with Crippen LogP contribution < -0.4 is 4.74 Å². The molecule has 0 bridgehead atoms. The average Bonchev–Trinajstić information content (AvgIpc) is 2.45. The number of ether oxygens (including phenoxy) is 1. The van der Waals surface area contributed by atoms with Crippen molar-refractivity contribution < 1.29 is 4.74 Å². The molecule has 1 heterocycles. The SMILES string of the molecule is COc1ccc(CSc2ccccn2)cc1C#N. The number of thioether (sulfide) groups is 1. The van der Waals surface area contributed by atoms with Crippen molar-refractivity contribution in [2.75, 3.05) is 7.11 Å². The smallest absolute Gasteiger partial charge is 0.136 e. The van der Waals surface area contributed by atoms with Crippen molar-refractivity contribution in [2.45, 2.75) is 10.8 Å². The second-order valence-electron chi connectivity index (χ2n) is 3.60. The number of benzene rings is 1. The van der Waals surface area contributed by atoms with Gasteiger partial charge in [0.05, 0.1) is 17.7 Å². The lowest BCUT2D eigenvalue weighted by atomic mass is 10.1. The molecule has 0 N–H and O–H groups in total. The molecule has 2 aromatic rings. The second kappa shape index (κ2) is 6.08. The van der Waals surface area contributed by atoms with E-state index >= 15 is 0 Å². The van der Waals surface area contributed by atoms with Crippen LogP contribution in [0, 0.1) is 11.3 Å². The van der Waals surface area contributed by atoms with Crippen LogP contribution in [-0.4, -0.2) is 12.1 Å². The first-order valence-electron chi connectivity index (χ1n) is 5.44. The van der Waals surface area contributed by atoms with Gasteiger partial charge >= 0.3 is 0 Å². The zero-order valence-corrected chi connectivity index (χ0v) is 10.8. The summed E-state index contributed by atoms with van der Waals surface area (Å²) in [7, 11) is 1.57. The summed E-state index contributed by atoms with van der Waals surface area (Å²) in [5.74, 6) is 1.40. The van der Waals surface area contributed by atoms with Gasteiger partial charge in [0, 0.05) is 11.9 Å². The fourth-order valence-corrected chi connectivity index (χ4v) is 2.33. The molecule has 0 aliphatic rings. The number of pyridine rings is 1. The summed E-state index contributed by atoms with van der Waals surface area (Å²) in [6, 6.07) is 13.6. The summed E-state index contributed by atoms with van der Waals surface area (Å²) in [4.78, 5) is 4.24. The minimum atomic E-state index is 0.566. The van der Waals surface area contributed by atoms with Crippen LogP contribution in [0.5, 0.6) is 5.75 Å². The molecule has 1 aromatic heterocycles. The Morgan fingerprint density at radius 1 is 1.33 bits per heavy atom. The second-order valence-corrected chi connectivity index (χ2v) is 4.60. The number of aromatic nitrogens is 1. The maximum absolute atomic E-state index is 9.01. The van der Waals surface area contributed by atoms with E-state index in [1.807, 2.05) is 36.4 Å². The Balaban J connectivity index is 2.09. The summed E-state index contributed by atoms with van der Waals surface area (Å²) in [5.41, 5.74) is 1.65. The third-order valence-electron chi connectivity index (χ3n) is 2.41. The van der Waals surface area contributed by atoms with Gasteiger partial charge in [0.25, 0.3) is 0 Å². The minimum Gasteiger partial charge on any atom is -0.495 e. The van der Waals surface area contributed by atoms with Crippen molar-refractivity contribution in [1.82, 2.24) is 4.98 Å². The van der Waals surface area contributed by atoms with Crippen LogP contribution in [-0.2, 0) is 5.75 Å². The van der Waals surface area contributed by atoms with Crippen LogP contribution in [0.15, 0.2) is 47.6 Å². The van der Waals surface area contributed by atoms with Crippen molar-refractivity contribution in [3.8, 4) is 11.8 Å². The minimum absolute atomic E-state index is 0.566. The van der Waals surface area contributed by atoms with Crippen LogP contribution >= 0.6 is 11.8 Å². The number of nitriles is 1. The summed E-state index contributed by atoms with van der Waals surface area (Å²) in [5, 5.41) is 9.99. The lowest BCUT2D eigenvalue weighted by molar-refractivity contribution is 0.413. The van der Waals surface area contributed by atoms with E-state index in [1.165, 1.54) is 0 Å².